The molecule has 1 aromatic heterocycles. The summed E-state index contributed by atoms with van der Waals surface area (Å²) in [5.41, 5.74) is 0.907. The standard InChI is InChI=1S/C26H31N3O4S/c30-23(25(32)27-19-11-5-2-6-12-19)21-13-7-15-29(21)26(33)20(17-18-9-3-1-4-10-18)28-24(31)22-14-8-16-34-22/h1,3-4,8-10,14,16,19-21H,2,5-7,11-13,15,17H2,(H,27,32)(H,28,31)/t20-,21?/m0/s1. The van der Waals surface area contributed by atoms with Gasteiger partial charge in [0.05, 0.1) is 4.88 Å². The van der Waals surface area contributed by atoms with Crippen LogP contribution < -0.4 is 10.6 Å². The van der Waals surface area contributed by atoms with Crippen molar-refractivity contribution < 1.29 is 19.2 Å². The average molecular weight is 482 g/mol. The van der Waals surface area contributed by atoms with Gasteiger partial charge in [0, 0.05) is 19.0 Å². The van der Waals surface area contributed by atoms with E-state index in [1.807, 2.05) is 35.7 Å². The Morgan fingerprint density at radius 1 is 0.941 bits per heavy atom. The third-order valence-corrected chi connectivity index (χ3v) is 7.50. The first-order valence-corrected chi connectivity index (χ1v) is 12.9. The molecular formula is C26H31N3O4S. The molecule has 2 heterocycles. The molecule has 7 nitrogen and oxygen atoms in total. The molecule has 2 aromatic rings. The fourth-order valence-electron chi connectivity index (χ4n) is 4.85. The largest absolute Gasteiger partial charge is 0.347 e. The van der Waals surface area contributed by atoms with E-state index in [1.54, 1.807) is 12.1 Å². The van der Waals surface area contributed by atoms with Gasteiger partial charge >= 0.3 is 0 Å². The number of hydrogen-bond donors (Lipinski definition) is 2. The van der Waals surface area contributed by atoms with E-state index in [4.69, 9.17) is 0 Å². The maximum Gasteiger partial charge on any atom is 0.289 e. The zero-order valence-electron chi connectivity index (χ0n) is 19.2. The van der Waals surface area contributed by atoms with Crippen LogP contribution in [0.4, 0.5) is 0 Å². The number of amides is 3. The van der Waals surface area contributed by atoms with Gasteiger partial charge in [-0.3, -0.25) is 19.2 Å². The molecular weight excluding hydrogens is 450 g/mol. The number of carbonyl (C=O) groups excluding carboxylic acids is 4. The topological polar surface area (TPSA) is 95.6 Å². The summed E-state index contributed by atoms with van der Waals surface area (Å²) >= 11 is 1.31. The number of likely N-dealkylation sites (tertiary alicyclic amines) is 1. The van der Waals surface area contributed by atoms with Gasteiger partial charge in [0.2, 0.25) is 11.7 Å². The van der Waals surface area contributed by atoms with Crippen molar-refractivity contribution in [3.05, 3.63) is 58.3 Å². The molecule has 0 radical (unpaired) electrons. The first-order valence-electron chi connectivity index (χ1n) is 12.1. The number of benzene rings is 1. The third kappa shape index (κ3) is 5.91. The van der Waals surface area contributed by atoms with Crippen LogP contribution in [-0.4, -0.2) is 53.1 Å². The summed E-state index contributed by atoms with van der Waals surface area (Å²) in [6.45, 7) is 0.395. The zero-order valence-corrected chi connectivity index (χ0v) is 20.0. The summed E-state index contributed by atoms with van der Waals surface area (Å²) < 4.78 is 0. The van der Waals surface area contributed by atoms with Crippen LogP contribution in [0.15, 0.2) is 47.8 Å². The van der Waals surface area contributed by atoms with E-state index in [0.717, 1.165) is 37.7 Å². The number of carbonyl (C=O) groups is 4. The van der Waals surface area contributed by atoms with Crippen LogP contribution in [-0.2, 0) is 20.8 Å². The van der Waals surface area contributed by atoms with Crippen LogP contribution in [0.2, 0.25) is 0 Å². The van der Waals surface area contributed by atoms with E-state index in [-0.39, 0.29) is 17.9 Å². The van der Waals surface area contributed by atoms with Crippen molar-refractivity contribution in [3.63, 3.8) is 0 Å². The van der Waals surface area contributed by atoms with E-state index < -0.39 is 23.8 Å². The second-order valence-electron chi connectivity index (χ2n) is 9.06. The molecule has 1 aliphatic carbocycles. The molecule has 3 amide bonds. The molecule has 0 spiro atoms. The van der Waals surface area contributed by atoms with Crippen molar-refractivity contribution >= 4 is 34.8 Å². The molecule has 0 bridgehead atoms. The summed E-state index contributed by atoms with van der Waals surface area (Å²) in [5.74, 6) is -1.80. The van der Waals surface area contributed by atoms with Crippen LogP contribution in [0.3, 0.4) is 0 Å². The van der Waals surface area contributed by atoms with Crippen molar-refractivity contribution in [1.29, 1.82) is 0 Å². The highest BCUT2D eigenvalue weighted by Crippen LogP contribution is 2.22. The van der Waals surface area contributed by atoms with Gasteiger partial charge in [0.15, 0.2) is 0 Å². The summed E-state index contributed by atoms with van der Waals surface area (Å²) in [4.78, 5) is 54.1. The van der Waals surface area contributed by atoms with Crippen molar-refractivity contribution in [1.82, 2.24) is 15.5 Å². The minimum atomic E-state index is -0.827. The van der Waals surface area contributed by atoms with Gasteiger partial charge in [-0.25, -0.2) is 0 Å². The Labute approximate surface area is 203 Å². The minimum Gasteiger partial charge on any atom is -0.347 e. The SMILES string of the molecule is O=C(NC1CCCCC1)C(=O)C1CCCN1C(=O)[C@H](Cc1ccccc1)NC(=O)c1cccs1. The lowest BCUT2D eigenvalue weighted by molar-refractivity contribution is -0.145. The summed E-state index contributed by atoms with van der Waals surface area (Å²) in [6.07, 6.45) is 6.46. The number of thiophene rings is 1. The zero-order chi connectivity index (χ0) is 23.9. The van der Waals surface area contributed by atoms with Gasteiger partial charge in [0.25, 0.3) is 11.8 Å². The highest BCUT2D eigenvalue weighted by atomic mass is 32.1. The average Bonchev–Trinajstić information content (AvgIpc) is 3.56. The van der Waals surface area contributed by atoms with Gasteiger partial charge < -0.3 is 15.5 Å². The minimum absolute atomic E-state index is 0.0340. The van der Waals surface area contributed by atoms with Crippen LogP contribution in [0.1, 0.15) is 60.2 Å². The summed E-state index contributed by atoms with van der Waals surface area (Å²) in [6, 6.07) is 11.4. The molecule has 1 aromatic carbocycles. The molecule has 2 N–H and O–H groups in total. The molecule has 1 aliphatic heterocycles. The number of hydrogen-bond acceptors (Lipinski definition) is 5. The number of nitrogens with one attached hydrogen (secondary N) is 2. The number of nitrogens with zero attached hydrogens (tertiary/aromatic N) is 1. The van der Waals surface area contributed by atoms with Crippen molar-refractivity contribution in [2.45, 2.75) is 69.5 Å². The van der Waals surface area contributed by atoms with Crippen molar-refractivity contribution in [2.24, 2.45) is 0 Å². The Bertz CT molecular complexity index is 1000. The van der Waals surface area contributed by atoms with Crippen LogP contribution >= 0.6 is 11.3 Å². The molecule has 1 unspecified atom stereocenters. The van der Waals surface area contributed by atoms with Crippen LogP contribution in [0.5, 0.6) is 0 Å². The lowest BCUT2D eigenvalue weighted by atomic mass is 9.95. The van der Waals surface area contributed by atoms with E-state index in [9.17, 15) is 19.2 Å². The van der Waals surface area contributed by atoms with E-state index in [2.05, 4.69) is 10.6 Å². The van der Waals surface area contributed by atoms with Crippen molar-refractivity contribution in [2.75, 3.05) is 6.54 Å². The molecule has 34 heavy (non-hydrogen) atoms. The quantitative estimate of drug-likeness (QED) is 0.567. The summed E-state index contributed by atoms with van der Waals surface area (Å²) in [5, 5.41) is 7.56. The predicted molar refractivity (Wildman–Crippen MR) is 130 cm³/mol. The second-order valence-corrected chi connectivity index (χ2v) is 10.0. The van der Waals surface area contributed by atoms with Crippen molar-refractivity contribution in [3.8, 4) is 0 Å². The van der Waals surface area contributed by atoms with Gasteiger partial charge in [-0.15, -0.1) is 11.3 Å². The maximum absolute atomic E-state index is 13.6. The Hall–Kier alpha value is -3.00. The summed E-state index contributed by atoms with van der Waals surface area (Å²) in [7, 11) is 0. The van der Waals surface area contributed by atoms with E-state index >= 15 is 0 Å². The van der Waals surface area contributed by atoms with Gasteiger partial charge in [-0.2, -0.15) is 0 Å². The molecule has 2 fully saturated rings. The number of ketones is 1. The fraction of sp³-hybridized carbons (Fsp3) is 0.462. The normalized spacial score (nSPS) is 19.4. The Morgan fingerprint density at radius 3 is 2.41 bits per heavy atom. The third-order valence-electron chi connectivity index (χ3n) is 6.63. The fourth-order valence-corrected chi connectivity index (χ4v) is 5.47. The molecule has 180 valence electrons. The maximum atomic E-state index is 13.6. The lowest BCUT2D eigenvalue weighted by Gasteiger charge is -2.29. The molecule has 1 saturated carbocycles. The first kappa shape index (κ1) is 24.1. The number of rotatable bonds is 8. The molecule has 8 heteroatoms. The van der Waals surface area contributed by atoms with Crippen LogP contribution in [0.25, 0.3) is 0 Å². The Morgan fingerprint density at radius 2 is 1.71 bits per heavy atom. The molecule has 1 saturated heterocycles. The lowest BCUT2D eigenvalue weighted by Crippen LogP contribution is -2.55. The smallest absolute Gasteiger partial charge is 0.289 e. The highest BCUT2D eigenvalue weighted by Gasteiger charge is 2.40. The Kier molecular flexibility index (Phi) is 8.11. The van der Waals surface area contributed by atoms with Gasteiger partial charge in [-0.1, -0.05) is 55.7 Å². The predicted octanol–water partition coefficient (Wildman–Crippen LogP) is 3.10. The second kappa shape index (κ2) is 11.4. The highest BCUT2D eigenvalue weighted by molar-refractivity contribution is 7.12. The van der Waals surface area contributed by atoms with E-state index in [0.29, 0.717) is 30.7 Å². The molecule has 2 atom stereocenters. The van der Waals surface area contributed by atoms with E-state index in [1.165, 1.54) is 16.2 Å². The number of Topliss-reactive ketones (excluding diaryl/α,β-unsaturated/α-hetero) is 1. The Balaban J connectivity index is 1.47. The first-order chi connectivity index (χ1) is 16.5. The monoisotopic (exact) mass is 481 g/mol. The van der Waals surface area contributed by atoms with Crippen LogP contribution in [0, 0.1) is 0 Å². The van der Waals surface area contributed by atoms with Gasteiger partial charge in [-0.05, 0) is 42.7 Å². The van der Waals surface area contributed by atoms with Gasteiger partial charge in [0.1, 0.15) is 12.1 Å². The molecule has 4 rings (SSSR count). The molecule has 2 aliphatic rings.